The molecule has 0 radical (unpaired) electrons. The number of rotatable bonds is 1. The summed E-state index contributed by atoms with van der Waals surface area (Å²) in [6.45, 7) is 0. The first-order chi connectivity index (χ1) is 9.59. The quantitative estimate of drug-likeness (QED) is 0.608. The summed E-state index contributed by atoms with van der Waals surface area (Å²) in [5.41, 5.74) is -3.75. The van der Waals surface area contributed by atoms with Crippen LogP contribution in [0.5, 0.6) is 0 Å². The standard InChI is InChI=1S/C14H7F7/c15-12-4-2-1-3-11(12)8-5-9(13(16,17)18)7-10(6-8)14(19,20)21/h1-7H. The second-order valence-corrected chi connectivity index (χ2v) is 4.27. The van der Waals surface area contributed by atoms with Crippen molar-refractivity contribution in [2.75, 3.05) is 0 Å². The zero-order valence-electron chi connectivity index (χ0n) is 10.2. The average Bonchev–Trinajstić information content (AvgIpc) is 2.36. The molecule has 0 nitrogen and oxygen atoms in total. The van der Waals surface area contributed by atoms with E-state index < -0.39 is 34.9 Å². The van der Waals surface area contributed by atoms with Gasteiger partial charge in [-0.05, 0) is 29.8 Å². The number of benzene rings is 2. The number of alkyl halides is 6. The molecule has 112 valence electrons. The van der Waals surface area contributed by atoms with Crippen molar-refractivity contribution in [3.8, 4) is 11.1 Å². The van der Waals surface area contributed by atoms with Crippen LogP contribution in [0.4, 0.5) is 30.7 Å². The molecule has 0 unspecified atom stereocenters. The number of hydrogen-bond acceptors (Lipinski definition) is 0. The van der Waals surface area contributed by atoms with Gasteiger partial charge in [-0.1, -0.05) is 18.2 Å². The monoisotopic (exact) mass is 308 g/mol. The summed E-state index contributed by atoms with van der Waals surface area (Å²) >= 11 is 0. The maximum atomic E-state index is 13.6. The van der Waals surface area contributed by atoms with Crippen molar-refractivity contribution in [3.05, 3.63) is 59.4 Å². The minimum absolute atomic E-state index is 0.00431. The molecule has 2 rings (SSSR count). The molecule has 2 aromatic rings. The minimum Gasteiger partial charge on any atom is -0.206 e. The Bertz CT molecular complexity index is 621. The molecule has 0 heterocycles. The lowest BCUT2D eigenvalue weighted by Crippen LogP contribution is -2.11. The predicted molar refractivity (Wildman–Crippen MR) is 61.8 cm³/mol. The summed E-state index contributed by atoms with van der Waals surface area (Å²) in [6.07, 6.45) is -9.91. The van der Waals surface area contributed by atoms with Crippen LogP contribution < -0.4 is 0 Å². The Balaban J connectivity index is 2.70. The van der Waals surface area contributed by atoms with Crippen molar-refractivity contribution in [1.82, 2.24) is 0 Å². The van der Waals surface area contributed by atoms with Crippen LogP contribution in [0.1, 0.15) is 11.1 Å². The molecule has 0 aliphatic rings. The highest BCUT2D eigenvalue weighted by atomic mass is 19.4. The fourth-order valence-corrected chi connectivity index (χ4v) is 1.81. The Labute approximate surface area is 114 Å². The maximum absolute atomic E-state index is 13.6. The van der Waals surface area contributed by atoms with Crippen LogP contribution in [0.2, 0.25) is 0 Å². The van der Waals surface area contributed by atoms with Crippen molar-refractivity contribution >= 4 is 0 Å². The largest absolute Gasteiger partial charge is 0.416 e. The van der Waals surface area contributed by atoms with Crippen LogP contribution in [-0.2, 0) is 12.4 Å². The summed E-state index contributed by atoms with van der Waals surface area (Å²) in [5, 5.41) is 0. The molecule has 0 aliphatic heterocycles. The first-order valence-corrected chi connectivity index (χ1v) is 5.63. The molecule has 0 saturated carbocycles. The molecule has 0 fully saturated rings. The van der Waals surface area contributed by atoms with E-state index in [-0.39, 0.29) is 11.6 Å². The molecule has 0 aromatic heterocycles. The third kappa shape index (κ3) is 3.34. The molecule has 21 heavy (non-hydrogen) atoms. The van der Waals surface area contributed by atoms with Crippen molar-refractivity contribution in [1.29, 1.82) is 0 Å². The zero-order valence-corrected chi connectivity index (χ0v) is 10.2. The molecule has 0 bridgehead atoms. The number of halogens is 7. The van der Waals surface area contributed by atoms with E-state index in [2.05, 4.69) is 0 Å². The van der Waals surface area contributed by atoms with E-state index in [1.807, 2.05) is 0 Å². The normalized spacial score (nSPS) is 12.5. The van der Waals surface area contributed by atoms with E-state index in [0.717, 1.165) is 12.1 Å². The van der Waals surface area contributed by atoms with Crippen LogP contribution in [-0.4, -0.2) is 0 Å². The van der Waals surface area contributed by atoms with Crippen LogP contribution in [0.25, 0.3) is 11.1 Å². The molecule has 0 atom stereocenters. The molecule has 0 aliphatic carbocycles. The Morgan fingerprint density at radius 1 is 0.667 bits per heavy atom. The van der Waals surface area contributed by atoms with Crippen LogP contribution >= 0.6 is 0 Å². The smallest absolute Gasteiger partial charge is 0.206 e. The minimum atomic E-state index is -4.96. The highest BCUT2D eigenvalue weighted by Gasteiger charge is 2.37. The Morgan fingerprint density at radius 3 is 1.57 bits per heavy atom. The van der Waals surface area contributed by atoms with Crippen molar-refractivity contribution < 1.29 is 30.7 Å². The lowest BCUT2D eigenvalue weighted by molar-refractivity contribution is -0.143. The van der Waals surface area contributed by atoms with Crippen LogP contribution in [0, 0.1) is 5.82 Å². The maximum Gasteiger partial charge on any atom is 0.416 e. The summed E-state index contributed by atoms with van der Waals surface area (Å²) in [7, 11) is 0. The SMILES string of the molecule is Fc1ccccc1-c1cc(C(F)(F)F)cc(C(F)(F)F)c1. The topological polar surface area (TPSA) is 0 Å². The molecule has 0 spiro atoms. The molecule has 0 saturated heterocycles. The first kappa shape index (κ1) is 15.3. The summed E-state index contributed by atoms with van der Waals surface area (Å²) < 4.78 is 89.7. The summed E-state index contributed by atoms with van der Waals surface area (Å²) in [6, 6.07) is 5.68. The third-order valence-corrected chi connectivity index (χ3v) is 2.77. The van der Waals surface area contributed by atoms with Crippen molar-refractivity contribution in [3.63, 3.8) is 0 Å². The van der Waals surface area contributed by atoms with E-state index in [9.17, 15) is 30.7 Å². The van der Waals surface area contributed by atoms with E-state index in [1.165, 1.54) is 12.1 Å². The summed E-state index contributed by atoms with van der Waals surface area (Å²) in [5.74, 6) is -0.898. The van der Waals surface area contributed by atoms with Crippen molar-refractivity contribution in [2.45, 2.75) is 12.4 Å². The highest BCUT2D eigenvalue weighted by molar-refractivity contribution is 5.66. The molecule has 7 heteroatoms. The van der Waals surface area contributed by atoms with E-state index >= 15 is 0 Å². The first-order valence-electron chi connectivity index (χ1n) is 5.63. The Kier molecular flexibility index (Phi) is 3.69. The Hall–Kier alpha value is -2.05. The van der Waals surface area contributed by atoms with Gasteiger partial charge in [-0.25, -0.2) is 4.39 Å². The second kappa shape index (κ2) is 5.05. The fraction of sp³-hybridized carbons (Fsp3) is 0.143. The van der Waals surface area contributed by atoms with Crippen molar-refractivity contribution in [2.24, 2.45) is 0 Å². The van der Waals surface area contributed by atoms with Gasteiger partial charge in [0.1, 0.15) is 5.82 Å². The lowest BCUT2D eigenvalue weighted by atomic mass is 9.99. The average molecular weight is 308 g/mol. The number of hydrogen-bond donors (Lipinski definition) is 0. The zero-order chi connectivity index (χ0) is 15.8. The molecule has 0 N–H and O–H groups in total. The van der Waals surface area contributed by atoms with Gasteiger partial charge in [-0.2, -0.15) is 26.3 Å². The van der Waals surface area contributed by atoms with Gasteiger partial charge in [0.25, 0.3) is 0 Å². The van der Waals surface area contributed by atoms with E-state index in [0.29, 0.717) is 12.1 Å². The molecule has 0 amide bonds. The van der Waals surface area contributed by atoms with Gasteiger partial charge >= 0.3 is 12.4 Å². The van der Waals surface area contributed by atoms with Gasteiger partial charge in [0, 0.05) is 5.56 Å². The van der Waals surface area contributed by atoms with Gasteiger partial charge in [0.2, 0.25) is 0 Å². The van der Waals surface area contributed by atoms with Gasteiger partial charge in [0.05, 0.1) is 11.1 Å². The fourth-order valence-electron chi connectivity index (χ4n) is 1.81. The predicted octanol–water partition coefficient (Wildman–Crippen LogP) is 5.53. The highest BCUT2D eigenvalue weighted by Crippen LogP contribution is 2.38. The lowest BCUT2D eigenvalue weighted by Gasteiger charge is -2.14. The Morgan fingerprint density at radius 2 is 1.14 bits per heavy atom. The summed E-state index contributed by atoms with van der Waals surface area (Å²) in [4.78, 5) is 0. The van der Waals surface area contributed by atoms with E-state index in [1.54, 1.807) is 0 Å². The van der Waals surface area contributed by atoms with Gasteiger partial charge in [-0.3, -0.25) is 0 Å². The second-order valence-electron chi connectivity index (χ2n) is 4.27. The van der Waals surface area contributed by atoms with E-state index in [4.69, 9.17) is 0 Å². The van der Waals surface area contributed by atoms with Gasteiger partial charge in [0.15, 0.2) is 0 Å². The van der Waals surface area contributed by atoms with Gasteiger partial charge in [-0.15, -0.1) is 0 Å². The van der Waals surface area contributed by atoms with Crippen LogP contribution in [0.15, 0.2) is 42.5 Å². The third-order valence-electron chi connectivity index (χ3n) is 2.77. The van der Waals surface area contributed by atoms with Gasteiger partial charge < -0.3 is 0 Å². The molecular weight excluding hydrogens is 301 g/mol. The molecular formula is C14H7F7. The molecule has 2 aromatic carbocycles. The van der Waals surface area contributed by atoms with Crippen LogP contribution in [0.3, 0.4) is 0 Å².